The predicted octanol–water partition coefficient (Wildman–Crippen LogP) is 4.68. The number of hydrogen-bond donors (Lipinski definition) is 2. The largest absolute Gasteiger partial charge is 0.393 e. The standard InChI is InChI=1S/C27H42O4/c1-15-7-10-27(30-14-15)16(2)24-22(31-27)13-21-19-6-5-17-11-18(28)12-23(29)26(17,4)20(19)8-9-25(21,24)3/h5,15-16,18-24,28-29H,6-14H2,1-4H3/t15-,16+,18+,19-,20+,21+,22+,23+,24+,25+,26+,27-/m1/s1. The molecule has 0 unspecified atom stereocenters. The maximum atomic E-state index is 11.1. The summed E-state index contributed by atoms with van der Waals surface area (Å²) >= 11 is 0. The van der Waals surface area contributed by atoms with Crippen LogP contribution in [0.25, 0.3) is 0 Å². The van der Waals surface area contributed by atoms with Gasteiger partial charge in [0.1, 0.15) is 0 Å². The fourth-order valence-electron chi connectivity index (χ4n) is 9.72. The smallest absolute Gasteiger partial charge is 0.171 e. The van der Waals surface area contributed by atoms with E-state index < -0.39 is 6.10 Å². The monoisotopic (exact) mass is 430 g/mol. The second-order valence-corrected chi connectivity index (χ2v) is 12.8. The van der Waals surface area contributed by atoms with E-state index >= 15 is 0 Å². The lowest BCUT2D eigenvalue weighted by molar-refractivity contribution is -0.272. The minimum atomic E-state index is -0.420. The summed E-state index contributed by atoms with van der Waals surface area (Å²) in [7, 11) is 0. The van der Waals surface area contributed by atoms with Crippen molar-refractivity contribution in [1.29, 1.82) is 0 Å². The maximum Gasteiger partial charge on any atom is 0.171 e. The van der Waals surface area contributed by atoms with Gasteiger partial charge in [-0.05, 0) is 73.5 Å². The van der Waals surface area contributed by atoms with E-state index in [-0.39, 0.29) is 17.3 Å². The van der Waals surface area contributed by atoms with E-state index in [9.17, 15) is 10.2 Å². The zero-order chi connectivity index (χ0) is 21.8. The number of allylic oxidation sites excluding steroid dienone is 1. The molecule has 0 aromatic carbocycles. The highest BCUT2D eigenvalue weighted by atomic mass is 16.7. The highest BCUT2D eigenvalue weighted by molar-refractivity contribution is 5.28. The molecular formula is C27H42O4. The maximum absolute atomic E-state index is 11.1. The first kappa shape index (κ1) is 21.1. The summed E-state index contributed by atoms with van der Waals surface area (Å²) in [4.78, 5) is 0. The number of rotatable bonds is 0. The summed E-state index contributed by atoms with van der Waals surface area (Å²) in [6.07, 6.45) is 10.2. The molecule has 12 atom stereocenters. The molecule has 6 aliphatic rings. The van der Waals surface area contributed by atoms with Gasteiger partial charge in [-0.25, -0.2) is 0 Å². The number of hydrogen-bond acceptors (Lipinski definition) is 4. The molecule has 2 aliphatic heterocycles. The molecule has 0 amide bonds. The van der Waals surface area contributed by atoms with E-state index in [1.165, 1.54) is 24.8 Å². The van der Waals surface area contributed by atoms with Crippen molar-refractivity contribution in [2.45, 2.75) is 103 Å². The van der Waals surface area contributed by atoms with E-state index in [1.54, 1.807) is 0 Å². The second-order valence-electron chi connectivity index (χ2n) is 12.8. The summed E-state index contributed by atoms with van der Waals surface area (Å²) in [5.41, 5.74) is 1.48. The SMILES string of the molecule is C[C@@H]1CC[C@@]2(OC1)O[C@H]1C[C@H]3[C@@H]4CC=C5C[C@H](O)C[C@H](O)[C@]5(C)[C@H]4CC[C@]3(C)[C@H]1[C@@H]2C. The molecule has 3 saturated carbocycles. The number of fused-ring (bicyclic) bond motifs is 7. The minimum Gasteiger partial charge on any atom is -0.393 e. The lowest BCUT2D eigenvalue weighted by Crippen LogP contribution is -2.56. The van der Waals surface area contributed by atoms with Crippen LogP contribution in [0.1, 0.15) is 79.1 Å². The first-order chi connectivity index (χ1) is 14.7. The van der Waals surface area contributed by atoms with Gasteiger partial charge in [0, 0.05) is 24.2 Å². The van der Waals surface area contributed by atoms with Crippen LogP contribution < -0.4 is 0 Å². The lowest BCUT2D eigenvalue weighted by Gasteiger charge is -2.59. The predicted molar refractivity (Wildman–Crippen MR) is 119 cm³/mol. The Morgan fingerprint density at radius 2 is 1.84 bits per heavy atom. The lowest BCUT2D eigenvalue weighted by atomic mass is 9.46. The van der Waals surface area contributed by atoms with E-state index in [2.05, 4.69) is 33.8 Å². The molecule has 2 heterocycles. The van der Waals surface area contributed by atoms with Gasteiger partial charge in [0.15, 0.2) is 5.79 Å². The van der Waals surface area contributed by atoms with Crippen molar-refractivity contribution in [2.75, 3.05) is 6.61 Å². The van der Waals surface area contributed by atoms with Crippen molar-refractivity contribution >= 4 is 0 Å². The molecule has 31 heavy (non-hydrogen) atoms. The summed E-state index contributed by atoms with van der Waals surface area (Å²) in [5, 5.41) is 21.4. The van der Waals surface area contributed by atoms with Crippen LogP contribution in [-0.4, -0.2) is 40.9 Å². The molecular weight excluding hydrogens is 388 g/mol. The Hall–Kier alpha value is -0.420. The van der Waals surface area contributed by atoms with E-state index in [0.717, 1.165) is 32.3 Å². The van der Waals surface area contributed by atoms with E-state index in [1.807, 2.05) is 0 Å². The van der Waals surface area contributed by atoms with Crippen LogP contribution in [0.5, 0.6) is 0 Å². The van der Waals surface area contributed by atoms with Crippen LogP contribution in [0.4, 0.5) is 0 Å². The Bertz CT molecular complexity index is 769. The minimum absolute atomic E-state index is 0.155. The summed E-state index contributed by atoms with van der Waals surface area (Å²) < 4.78 is 13.3. The molecule has 4 aliphatic carbocycles. The topological polar surface area (TPSA) is 58.9 Å². The number of aliphatic hydroxyl groups excluding tert-OH is 2. The fraction of sp³-hybridized carbons (Fsp3) is 0.926. The van der Waals surface area contributed by atoms with Gasteiger partial charge in [-0.3, -0.25) is 0 Å². The third-order valence-electron chi connectivity index (χ3n) is 11.4. The molecule has 1 spiro atoms. The van der Waals surface area contributed by atoms with Crippen LogP contribution in [0.2, 0.25) is 0 Å². The van der Waals surface area contributed by atoms with Crippen molar-refractivity contribution in [2.24, 2.45) is 46.3 Å². The molecule has 0 radical (unpaired) electrons. The van der Waals surface area contributed by atoms with Crippen LogP contribution in [0.3, 0.4) is 0 Å². The van der Waals surface area contributed by atoms with Gasteiger partial charge in [0.25, 0.3) is 0 Å². The Morgan fingerprint density at radius 1 is 1.03 bits per heavy atom. The van der Waals surface area contributed by atoms with Crippen LogP contribution >= 0.6 is 0 Å². The van der Waals surface area contributed by atoms with E-state index in [4.69, 9.17) is 9.47 Å². The van der Waals surface area contributed by atoms with Crippen LogP contribution in [0.15, 0.2) is 11.6 Å². The zero-order valence-corrected chi connectivity index (χ0v) is 19.8. The Labute approximate surface area is 187 Å². The van der Waals surface area contributed by atoms with Gasteiger partial charge in [0.05, 0.1) is 24.9 Å². The molecule has 5 fully saturated rings. The van der Waals surface area contributed by atoms with Gasteiger partial charge in [-0.2, -0.15) is 0 Å². The molecule has 174 valence electrons. The number of aliphatic hydroxyl groups is 2. The summed E-state index contributed by atoms with van der Waals surface area (Å²) in [5.74, 6) is 3.17. The average Bonchev–Trinajstić information content (AvgIpc) is 3.16. The molecule has 4 nitrogen and oxygen atoms in total. The molecule has 6 rings (SSSR count). The Morgan fingerprint density at radius 3 is 2.58 bits per heavy atom. The van der Waals surface area contributed by atoms with Crippen molar-refractivity contribution in [3.63, 3.8) is 0 Å². The van der Waals surface area contributed by atoms with Gasteiger partial charge in [0.2, 0.25) is 0 Å². The summed E-state index contributed by atoms with van der Waals surface area (Å²) in [6.45, 7) is 10.4. The third-order valence-corrected chi connectivity index (χ3v) is 11.4. The highest BCUT2D eigenvalue weighted by Gasteiger charge is 2.69. The molecule has 2 N–H and O–H groups in total. The first-order valence-corrected chi connectivity index (χ1v) is 13.1. The fourth-order valence-corrected chi connectivity index (χ4v) is 9.72. The molecule has 0 aromatic heterocycles. The van der Waals surface area contributed by atoms with Gasteiger partial charge < -0.3 is 19.7 Å². The third kappa shape index (κ3) is 2.68. The quantitative estimate of drug-likeness (QED) is 0.548. The summed E-state index contributed by atoms with van der Waals surface area (Å²) in [6, 6.07) is 0. The highest BCUT2D eigenvalue weighted by Crippen LogP contribution is 2.70. The Balaban J connectivity index is 1.29. The van der Waals surface area contributed by atoms with Crippen molar-refractivity contribution in [3.05, 3.63) is 11.6 Å². The number of ether oxygens (including phenoxy) is 2. The van der Waals surface area contributed by atoms with Crippen molar-refractivity contribution in [1.82, 2.24) is 0 Å². The average molecular weight is 431 g/mol. The van der Waals surface area contributed by atoms with Crippen molar-refractivity contribution < 1.29 is 19.7 Å². The molecule has 4 heteroatoms. The van der Waals surface area contributed by atoms with Crippen LogP contribution in [-0.2, 0) is 9.47 Å². The van der Waals surface area contributed by atoms with Gasteiger partial charge in [-0.1, -0.05) is 39.3 Å². The zero-order valence-electron chi connectivity index (χ0n) is 19.8. The normalized spacial score (nSPS) is 60.7. The second kappa shape index (κ2) is 6.81. The molecule has 2 saturated heterocycles. The van der Waals surface area contributed by atoms with Gasteiger partial charge >= 0.3 is 0 Å². The van der Waals surface area contributed by atoms with Gasteiger partial charge in [-0.15, -0.1) is 0 Å². The van der Waals surface area contributed by atoms with Crippen molar-refractivity contribution in [3.8, 4) is 0 Å². The Kier molecular flexibility index (Phi) is 4.64. The van der Waals surface area contributed by atoms with E-state index in [0.29, 0.717) is 53.4 Å². The first-order valence-electron chi connectivity index (χ1n) is 13.1. The van der Waals surface area contributed by atoms with Crippen LogP contribution in [0, 0.1) is 46.3 Å². The molecule has 0 aromatic rings. The molecule has 0 bridgehead atoms.